The Morgan fingerprint density at radius 2 is 2.11 bits per heavy atom. The summed E-state index contributed by atoms with van der Waals surface area (Å²) in [5, 5.41) is 4.12. The highest BCUT2D eigenvalue weighted by Gasteiger charge is 2.27. The van der Waals surface area contributed by atoms with Crippen molar-refractivity contribution in [3.8, 4) is 0 Å². The summed E-state index contributed by atoms with van der Waals surface area (Å²) in [5.74, 6) is 0.0770. The zero-order valence-electron chi connectivity index (χ0n) is 11.2. The molecular weight excluding hydrogens is 238 g/mol. The van der Waals surface area contributed by atoms with E-state index in [1.165, 1.54) is 0 Å². The third-order valence-electron chi connectivity index (χ3n) is 3.70. The second kappa shape index (κ2) is 4.63. The normalized spacial score (nSPS) is 15.3. The van der Waals surface area contributed by atoms with Crippen molar-refractivity contribution < 1.29 is 4.79 Å². The van der Waals surface area contributed by atoms with Crippen LogP contribution in [0.25, 0.3) is 10.9 Å². The van der Waals surface area contributed by atoms with Gasteiger partial charge in [0.2, 0.25) is 0 Å². The molecule has 3 rings (SSSR count). The fourth-order valence-electron chi connectivity index (χ4n) is 2.39. The molecule has 4 nitrogen and oxygen atoms in total. The zero-order valence-corrected chi connectivity index (χ0v) is 11.2. The quantitative estimate of drug-likeness (QED) is 0.886. The number of nitrogens with zero attached hydrogens (tertiary/aromatic N) is 2. The Hall–Kier alpha value is -1.94. The molecule has 1 fully saturated rings. The van der Waals surface area contributed by atoms with Gasteiger partial charge in [0, 0.05) is 31.2 Å². The molecule has 0 aliphatic carbocycles. The van der Waals surface area contributed by atoms with Gasteiger partial charge >= 0.3 is 0 Å². The Bertz CT molecular complexity index is 634. The Kier molecular flexibility index (Phi) is 2.95. The van der Waals surface area contributed by atoms with E-state index in [1.54, 1.807) is 0 Å². The molecule has 0 saturated carbocycles. The van der Waals surface area contributed by atoms with E-state index in [-0.39, 0.29) is 5.91 Å². The van der Waals surface area contributed by atoms with Gasteiger partial charge in [0.1, 0.15) is 0 Å². The summed E-state index contributed by atoms with van der Waals surface area (Å²) in [7, 11) is 1.87. The van der Waals surface area contributed by atoms with Crippen molar-refractivity contribution in [1.29, 1.82) is 0 Å². The van der Waals surface area contributed by atoms with Gasteiger partial charge in [-0.1, -0.05) is 18.2 Å². The Morgan fingerprint density at radius 1 is 1.37 bits per heavy atom. The van der Waals surface area contributed by atoms with Crippen molar-refractivity contribution in [2.75, 3.05) is 20.1 Å². The summed E-state index contributed by atoms with van der Waals surface area (Å²) < 4.78 is 0. The Balaban J connectivity index is 2.05. The van der Waals surface area contributed by atoms with E-state index in [0.717, 1.165) is 35.2 Å². The first-order chi connectivity index (χ1) is 9.16. The number of benzene rings is 1. The van der Waals surface area contributed by atoms with Gasteiger partial charge in [-0.2, -0.15) is 0 Å². The number of nitrogens with one attached hydrogen (secondary N) is 1. The summed E-state index contributed by atoms with van der Waals surface area (Å²) in [5.41, 5.74) is 2.51. The number of hydrogen-bond acceptors (Lipinski definition) is 3. The number of carbonyl (C=O) groups excluding carboxylic acids is 1. The molecule has 1 saturated heterocycles. The average molecular weight is 255 g/mol. The molecule has 2 aromatic rings. The monoisotopic (exact) mass is 255 g/mol. The number of aryl methyl sites for hydroxylation is 1. The maximum atomic E-state index is 12.6. The number of aromatic nitrogens is 1. The lowest BCUT2D eigenvalue weighted by Crippen LogP contribution is -2.57. The lowest BCUT2D eigenvalue weighted by atomic mass is 10.0. The van der Waals surface area contributed by atoms with Crippen molar-refractivity contribution in [3.63, 3.8) is 0 Å². The van der Waals surface area contributed by atoms with Gasteiger partial charge in [-0.3, -0.25) is 9.78 Å². The van der Waals surface area contributed by atoms with Crippen molar-refractivity contribution in [3.05, 3.63) is 41.6 Å². The number of fused-ring (bicyclic) bond motifs is 1. The van der Waals surface area contributed by atoms with Crippen LogP contribution in [-0.2, 0) is 0 Å². The minimum Gasteiger partial charge on any atom is -0.336 e. The molecule has 0 radical (unpaired) electrons. The number of amides is 1. The molecule has 98 valence electrons. The Morgan fingerprint density at radius 3 is 2.79 bits per heavy atom. The van der Waals surface area contributed by atoms with Crippen molar-refractivity contribution >= 4 is 16.8 Å². The lowest BCUT2D eigenvalue weighted by Gasteiger charge is -2.35. The van der Waals surface area contributed by atoms with Crippen LogP contribution in [0.5, 0.6) is 0 Å². The largest absolute Gasteiger partial charge is 0.336 e. The number of pyridine rings is 1. The van der Waals surface area contributed by atoms with Gasteiger partial charge in [0.25, 0.3) is 5.91 Å². The van der Waals surface area contributed by atoms with E-state index in [9.17, 15) is 4.79 Å². The molecule has 0 atom stereocenters. The molecule has 1 aliphatic rings. The summed E-state index contributed by atoms with van der Waals surface area (Å²) >= 11 is 0. The predicted molar refractivity (Wildman–Crippen MR) is 75.2 cm³/mol. The maximum absolute atomic E-state index is 12.6. The van der Waals surface area contributed by atoms with Crippen molar-refractivity contribution in [1.82, 2.24) is 15.2 Å². The summed E-state index contributed by atoms with van der Waals surface area (Å²) in [4.78, 5) is 18.9. The van der Waals surface area contributed by atoms with Crippen LogP contribution >= 0.6 is 0 Å². The minimum atomic E-state index is 0.0770. The van der Waals surface area contributed by atoms with Crippen LogP contribution in [0.1, 0.15) is 16.1 Å². The highest BCUT2D eigenvalue weighted by molar-refractivity contribution is 6.06. The molecule has 1 aromatic heterocycles. The van der Waals surface area contributed by atoms with Gasteiger partial charge in [-0.25, -0.2) is 0 Å². The average Bonchev–Trinajstić information content (AvgIpc) is 2.34. The first kappa shape index (κ1) is 12.1. The number of likely N-dealkylation sites (N-methyl/N-ethyl adjacent to an activating group) is 1. The summed E-state index contributed by atoms with van der Waals surface area (Å²) in [6.45, 7) is 3.68. The van der Waals surface area contributed by atoms with Crippen LogP contribution in [0.15, 0.2) is 30.3 Å². The van der Waals surface area contributed by atoms with Crippen LogP contribution in [0, 0.1) is 6.92 Å². The maximum Gasteiger partial charge on any atom is 0.254 e. The van der Waals surface area contributed by atoms with E-state index in [2.05, 4.69) is 10.3 Å². The minimum absolute atomic E-state index is 0.0770. The second-order valence-corrected chi connectivity index (χ2v) is 5.06. The van der Waals surface area contributed by atoms with Crippen LogP contribution in [0.3, 0.4) is 0 Å². The van der Waals surface area contributed by atoms with Crippen LogP contribution in [0.4, 0.5) is 0 Å². The molecule has 4 heteroatoms. The van der Waals surface area contributed by atoms with Crippen LogP contribution in [-0.4, -0.2) is 42.0 Å². The molecule has 1 aromatic carbocycles. The lowest BCUT2D eigenvalue weighted by molar-refractivity contribution is 0.0683. The second-order valence-electron chi connectivity index (χ2n) is 5.06. The van der Waals surface area contributed by atoms with Gasteiger partial charge in [-0.05, 0) is 19.1 Å². The molecule has 1 aliphatic heterocycles. The number of para-hydroxylation sites is 1. The van der Waals surface area contributed by atoms with Gasteiger partial charge in [0.05, 0.1) is 17.1 Å². The van der Waals surface area contributed by atoms with E-state index in [1.807, 2.05) is 49.2 Å². The SMILES string of the molecule is Cc1cc(C(=O)N(C)C2CNC2)c2ccccc2n1. The molecular formula is C15H17N3O. The number of hydrogen-bond donors (Lipinski definition) is 1. The fourth-order valence-corrected chi connectivity index (χ4v) is 2.39. The fraction of sp³-hybridized carbons (Fsp3) is 0.333. The number of rotatable bonds is 2. The third kappa shape index (κ3) is 2.08. The van der Waals surface area contributed by atoms with Crippen LogP contribution in [0.2, 0.25) is 0 Å². The van der Waals surface area contributed by atoms with Gasteiger partial charge in [0.15, 0.2) is 0 Å². The first-order valence-corrected chi connectivity index (χ1v) is 6.51. The molecule has 19 heavy (non-hydrogen) atoms. The highest BCUT2D eigenvalue weighted by Crippen LogP contribution is 2.20. The van der Waals surface area contributed by atoms with Crippen LogP contribution < -0.4 is 5.32 Å². The standard InChI is InChI=1S/C15H17N3O/c1-10-7-13(12-5-3-4-6-14(12)17-10)15(19)18(2)11-8-16-9-11/h3-7,11,16H,8-9H2,1-2H3. The molecule has 1 amide bonds. The molecule has 2 heterocycles. The zero-order chi connectivity index (χ0) is 13.4. The number of carbonyl (C=O) groups is 1. The van der Waals surface area contributed by atoms with E-state index < -0.39 is 0 Å². The first-order valence-electron chi connectivity index (χ1n) is 6.51. The van der Waals surface area contributed by atoms with Gasteiger partial charge in [-0.15, -0.1) is 0 Å². The summed E-state index contributed by atoms with van der Waals surface area (Å²) in [6.07, 6.45) is 0. The van der Waals surface area contributed by atoms with Crippen molar-refractivity contribution in [2.45, 2.75) is 13.0 Å². The topological polar surface area (TPSA) is 45.2 Å². The predicted octanol–water partition coefficient (Wildman–Crippen LogP) is 1.59. The highest BCUT2D eigenvalue weighted by atomic mass is 16.2. The summed E-state index contributed by atoms with van der Waals surface area (Å²) in [6, 6.07) is 9.99. The van der Waals surface area contributed by atoms with E-state index >= 15 is 0 Å². The Labute approximate surface area is 112 Å². The van der Waals surface area contributed by atoms with Crippen molar-refractivity contribution in [2.24, 2.45) is 0 Å². The molecule has 0 spiro atoms. The van der Waals surface area contributed by atoms with E-state index in [0.29, 0.717) is 6.04 Å². The smallest absolute Gasteiger partial charge is 0.254 e. The third-order valence-corrected chi connectivity index (χ3v) is 3.70. The molecule has 0 bridgehead atoms. The molecule has 0 unspecified atom stereocenters. The molecule has 1 N–H and O–H groups in total. The van der Waals surface area contributed by atoms with Gasteiger partial charge < -0.3 is 10.2 Å². The van der Waals surface area contributed by atoms with E-state index in [4.69, 9.17) is 0 Å².